The van der Waals surface area contributed by atoms with Gasteiger partial charge in [0.2, 0.25) is 0 Å². The summed E-state index contributed by atoms with van der Waals surface area (Å²) in [6.07, 6.45) is 1.26. The van der Waals surface area contributed by atoms with E-state index in [0.717, 1.165) is 5.56 Å². The summed E-state index contributed by atoms with van der Waals surface area (Å²) in [5.41, 5.74) is 1.34. The molecule has 1 aromatic carbocycles. The van der Waals surface area contributed by atoms with E-state index in [1.54, 1.807) is 6.07 Å². The molecule has 0 saturated carbocycles. The van der Waals surface area contributed by atoms with Crippen LogP contribution in [0.5, 0.6) is 0 Å². The van der Waals surface area contributed by atoms with Gasteiger partial charge in [-0.1, -0.05) is 30.3 Å². The van der Waals surface area contributed by atoms with Crippen molar-refractivity contribution in [2.45, 2.75) is 0 Å². The van der Waals surface area contributed by atoms with Crippen LogP contribution < -0.4 is 0 Å². The molecule has 1 heterocycles. The van der Waals surface area contributed by atoms with Crippen LogP contribution in [0, 0.1) is 0 Å². The fraction of sp³-hybridized carbons (Fsp3) is 0. The molecule has 0 spiro atoms. The van der Waals surface area contributed by atoms with Crippen LogP contribution in [0.1, 0.15) is 0 Å². The van der Waals surface area contributed by atoms with Crippen molar-refractivity contribution in [3.63, 3.8) is 0 Å². The van der Waals surface area contributed by atoms with Gasteiger partial charge in [-0.2, -0.15) is 13.5 Å². The average molecular weight is 259 g/mol. The molecule has 0 aliphatic heterocycles. The molecule has 0 unspecified atom stereocenters. The average Bonchev–Trinajstić information content (AvgIpc) is 2.80. The molecule has 2 rings (SSSR count). The summed E-state index contributed by atoms with van der Waals surface area (Å²) >= 11 is 4.83. The Morgan fingerprint density at radius 2 is 1.88 bits per heavy atom. The van der Waals surface area contributed by atoms with Crippen molar-refractivity contribution >= 4 is 22.2 Å². The molecule has 2 aromatic rings. The fourth-order valence-electron chi connectivity index (χ4n) is 1.22. The molecule has 0 saturated heterocycles. The van der Waals surface area contributed by atoms with Gasteiger partial charge >= 0.3 is 10.3 Å². The second-order valence-corrected chi connectivity index (χ2v) is 4.69. The van der Waals surface area contributed by atoms with Crippen molar-refractivity contribution in [2.24, 2.45) is 0 Å². The summed E-state index contributed by atoms with van der Waals surface area (Å²) in [5.74, 6) is 0. The zero-order valence-electron chi connectivity index (χ0n) is 7.95. The highest BCUT2D eigenvalue weighted by molar-refractivity contribution is 7.85. The molecule has 0 radical (unpaired) electrons. The Morgan fingerprint density at radius 1 is 1.19 bits per heavy atom. The van der Waals surface area contributed by atoms with Crippen molar-refractivity contribution in [2.75, 3.05) is 0 Å². The van der Waals surface area contributed by atoms with Crippen molar-refractivity contribution in [3.8, 4) is 11.3 Å². The van der Waals surface area contributed by atoms with E-state index in [-0.39, 0.29) is 0 Å². The molecular formula is C9H7ClN2O3S. The Balaban J connectivity index is 2.42. The molecule has 0 N–H and O–H groups in total. The molecule has 0 aliphatic rings. The summed E-state index contributed by atoms with van der Waals surface area (Å²) < 4.78 is 26.9. The second-order valence-electron chi connectivity index (χ2n) is 2.96. The van der Waals surface area contributed by atoms with E-state index in [2.05, 4.69) is 8.83 Å². The van der Waals surface area contributed by atoms with Crippen molar-refractivity contribution in [3.05, 3.63) is 42.6 Å². The number of hydrogen-bond donors (Lipinski definition) is 0. The van der Waals surface area contributed by atoms with Gasteiger partial charge in [-0.15, -0.1) is 7.82 Å². The van der Waals surface area contributed by atoms with Crippen molar-refractivity contribution in [1.82, 2.24) is 9.19 Å². The van der Waals surface area contributed by atoms with Gasteiger partial charge in [-0.25, -0.2) is 0 Å². The monoisotopic (exact) mass is 258 g/mol. The van der Waals surface area contributed by atoms with Crippen molar-refractivity contribution in [1.29, 1.82) is 0 Å². The van der Waals surface area contributed by atoms with E-state index in [1.807, 2.05) is 30.3 Å². The number of aromatic nitrogens is 2. The molecule has 7 heteroatoms. The quantitative estimate of drug-likeness (QED) is 0.842. The number of benzene rings is 1. The van der Waals surface area contributed by atoms with Crippen LogP contribution in [-0.4, -0.2) is 17.6 Å². The van der Waals surface area contributed by atoms with Gasteiger partial charge in [0.1, 0.15) is 0 Å². The molecule has 16 heavy (non-hydrogen) atoms. The third kappa shape index (κ3) is 2.08. The topological polar surface area (TPSA) is 61.2 Å². The minimum atomic E-state index is -4.01. The Hall–Kier alpha value is -1.37. The van der Waals surface area contributed by atoms with Gasteiger partial charge in [0.15, 0.2) is 0 Å². The van der Waals surface area contributed by atoms with E-state index in [0.29, 0.717) is 9.78 Å². The molecule has 5 nitrogen and oxygen atoms in total. The molecule has 0 fully saturated rings. The summed E-state index contributed by atoms with van der Waals surface area (Å²) in [7, 11) is -4.01. The lowest BCUT2D eigenvalue weighted by molar-refractivity contribution is 0.491. The van der Waals surface area contributed by atoms with Gasteiger partial charge in [0.25, 0.3) is 0 Å². The highest BCUT2D eigenvalue weighted by Gasteiger charge is 2.15. The van der Waals surface area contributed by atoms with Crippen molar-refractivity contribution < 1.29 is 12.2 Å². The minimum Gasteiger partial charge on any atom is -0.173 e. The predicted octanol–water partition coefficient (Wildman–Crippen LogP) is 1.81. The second kappa shape index (κ2) is 4.25. The SMILES string of the molecule is O=S(=O)(OCl)n1ccc(-c2ccccc2)n1. The van der Waals surface area contributed by atoms with Crippen LogP contribution in [0.2, 0.25) is 0 Å². The van der Waals surface area contributed by atoms with Crippen LogP contribution >= 0.6 is 11.9 Å². The highest BCUT2D eigenvalue weighted by atomic mass is 35.5. The molecule has 0 atom stereocenters. The van der Waals surface area contributed by atoms with Crippen LogP contribution in [-0.2, 0) is 14.0 Å². The van der Waals surface area contributed by atoms with E-state index < -0.39 is 10.3 Å². The first kappa shape index (κ1) is 11.1. The third-order valence-electron chi connectivity index (χ3n) is 1.94. The smallest absolute Gasteiger partial charge is 0.173 e. The summed E-state index contributed by atoms with van der Waals surface area (Å²) in [5, 5.41) is 3.84. The van der Waals surface area contributed by atoms with E-state index >= 15 is 0 Å². The lowest BCUT2D eigenvalue weighted by atomic mass is 10.2. The summed E-state index contributed by atoms with van der Waals surface area (Å²) in [6.45, 7) is 0. The van der Waals surface area contributed by atoms with Crippen LogP contribution in [0.3, 0.4) is 0 Å². The molecule has 0 aliphatic carbocycles. The normalized spacial score (nSPS) is 11.6. The summed E-state index contributed by atoms with van der Waals surface area (Å²) in [4.78, 5) is 0. The van der Waals surface area contributed by atoms with E-state index in [9.17, 15) is 8.42 Å². The minimum absolute atomic E-state index is 0.526. The Kier molecular flexibility index (Phi) is 2.95. The standard InChI is InChI=1S/C9H7ClN2O3S/c10-15-16(13,14)12-7-6-9(11-12)8-4-2-1-3-5-8/h1-7H. The van der Waals surface area contributed by atoms with Gasteiger partial charge < -0.3 is 0 Å². The largest absolute Gasteiger partial charge is 0.397 e. The van der Waals surface area contributed by atoms with Gasteiger partial charge in [-0.3, -0.25) is 0 Å². The number of hydrogen-bond acceptors (Lipinski definition) is 4. The maximum Gasteiger partial charge on any atom is 0.397 e. The zero-order valence-corrected chi connectivity index (χ0v) is 9.52. The molecule has 84 valence electrons. The zero-order chi connectivity index (χ0) is 11.6. The fourth-order valence-corrected chi connectivity index (χ4v) is 1.85. The number of halogens is 1. The molecule has 0 bridgehead atoms. The number of nitrogens with zero attached hydrogens (tertiary/aromatic N) is 2. The molecular weight excluding hydrogens is 252 g/mol. The first-order valence-electron chi connectivity index (χ1n) is 4.30. The van der Waals surface area contributed by atoms with Crippen LogP contribution in [0.15, 0.2) is 42.6 Å². The van der Waals surface area contributed by atoms with E-state index in [1.165, 1.54) is 6.20 Å². The van der Waals surface area contributed by atoms with Gasteiger partial charge in [0.05, 0.1) is 17.6 Å². The first-order chi connectivity index (χ1) is 7.63. The Bertz CT molecular complexity index is 580. The van der Waals surface area contributed by atoms with Crippen LogP contribution in [0.4, 0.5) is 0 Å². The Morgan fingerprint density at radius 3 is 2.50 bits per heavy atom. The maximum atomic E-state index is 11.2. The first-order valence-corrected chi connectivity index (χ1v) is 5.98. The van der Waals surface area contributed by atoms with Crippen LogP contribution in [0.25, 0.3) is 11.3 Å². The maximum absolute atomic E-state index is 11.2. The highest BCUT2D eigenvalue weighted by Crippen LogP contribution is 2.16. The molecule has 0 amide bonds. The number of rotatable bonds is 3. The molecule has 1 aromatic heterocycles. The Labute approximate surface area is 97.7 Å². The predicted molar refractivity (Wildman–Crippen MR) is 58.9 cm³/mol. The summed E-state index contributed by atoms with van der Waals surface area (Å²) in [6, 6.07) is 10.7. The van der Waals surface area contributed by atoms with Gasteiger partial charge in [-0.05, 0) is 6.07 Å². The van der Waals surface area contributed by atoms with Gasteiger partial charge in [0, 0.05) is 11.8 Å². The third-order valence-corrected chi connectivity index (χ3v) is 3.24. The van der Waals surface area contributed by atoms with E-state index in [4.69, 9.17) is 11.9 Å². The lowest BCUT2D eigenvalue weighted by Gasteiger charge is -1.97. The lowest BCUT2D eigenvalue weighted by Crippen LogP contribution is -2.12.